The van der Waals surface area contributed by atoms with Crippen molar-refractivity contribution in [2.75, 3.05) is 13.3 Å². The molecule has 2 rings (SSSR count). The second kappa shape index (κ2) is 13.0. The summed E-state index contributed by atoms with van der Waals surface area (Å²) >= 11 is 1.59. The Balaban J connectivity index is 2.09. The maximum Gasteiger partial charge on any atom is 0.211 e. The highest BCUT2D eigenvalue weighted by Gasteiger charge is 2.23. The first-order valence-corrected chi connectivity index (χ1v) is 11.3. The predicted octanol–water partition coefficient (Wildman–Crippen LogP) is 5.11. The molecule has 0 saturated heterocycles. The number of halogens is 2. The number of rotatable bonds is 9. The van der Waals surface area contributed by atoms with Gasteiger partial charge in [-0.25, -0.2) is 8.78 Å². The smallest absolute Gasteiger partial charge is 0.211 e. The van der Waals surface area contributed by atoms with Crippen molar-refractivity contribution >= 4 is 24.1 Å². The second-order valence-electron chi connectivity index (χ2n) is 7.23. The van der Waals surface area contributed by atoms with Gasteiger partial charge < -0.3 is 5.32 Å². The van der Waals surface area contributed by atoms with Crippen LogP contribution in [-0.4, -0.2) is 31.5 Å². The number of aliphatic imine (C=N–C) groups is 1. The van der Waals surface area contributed by atoms with Gasteiger partial charge in [0, 0.05) is 30.4 Å². The largest absolute Gasteiger partial charge is 0.332 e. The van der Waals surface area contributed by atoms with Crippen LogP contribution in [0.4, 0.5) is 8.78 Å². The van der Waals surface area contributed by atoms with Crippen molar-refractivity contribution in [1.82, 2.24) is 10.0 Å². The monoisotopic (exact) mass is 445 g/mol. The zero-order valence-electron chi connectivity index (χ0n) is 18.1. The van der Waals surface area contributed by atoms with Gasteiger partial charge in [0.15, 0.2) is 0 Å². The predicted molar refractivity (Wildman–Crippen MR) is 126 cm³/mol. The molecule has 0 heterocycles. The summed E-state index contributed by atoms with van der Waals surface area (Å²) in [6, 6.07) is 3.64. The van der Waals surface area contributed by atoms with E-state index in [4.69, 9.17) is 0 Å². The molecule has 166 valence electrons. The molecule has 7 heteroatoms. The summed E-state index contributed by atoms with van der Waals surface area (Å²) in [7, 11) is 1.59. The van der Waals surface area contributed by atoms with Gasteiger partial charge in [0.1, 0.15) is 11.6 Å². The van der Waals surface area contributed by atoms with Gasteiger partial charge in [0.25, 0.3) is 0 Å². The third-order valence-corrected chi connectivity index (χ3v) is 5.69. The molecule has 0 aromatic heterocycles. The fourth-order valence-electron chi connectivity index (χ4n) is 3.56. The highest BCUT2D eigenvalue weighted by atomic mass is 32.2. The van der Waals surface area contributed by atoms with Crippen molar-refractivity contribution in [3.63, 3.8) is 0 Å². The molecule has 31 heavy (non-hydrogen) atoms. The van der Waals surface area contributed by atoms with Crippen LogP contribution in [0.3, 0.4) is 0 Å². The van der Waals surface area contributed by atoms with Gasteiger partial charge in [0.2, 0.25) is 6.41 Å². The fraction of sp³-hybridized carbons (Fsp3) is 0.333. The van der Waals surface area contributed by atoms with E-state index >= 15 is 0 Å². The summed E-state index contributed by atoms with van der Waals surface area (Å²) in [6.07, 6.45) is 16.9. The molecule has 1 aliphatic carbocycles. The maximum absolute atomic E-state index is 13.5. The summed E-state index contributed by atoms with van der Waals surface area (Å²) in [5, 5.41) is 2.77. The third kappa shape index (κ3) is 7.92. The van der Waals surface area contributed by atoms with Gasteiger partial charge in [-0.05, 0) is 62.6 Å². The minimum Gasteiger partial charge on any atom is -0.332 e. The number of carbonyl (C=O) groups excluding carboxylic acids is 1. The SMILES string of the molecule is C\N=C(/C=C\C=C\CC1/C(C)=C\C=C(/NC=O)CCC1NSC)c1cc(F)cc(F)c1. The normalized spacial score (nSPS) is 23.7. The zero-order valence-corrected chi connectivity index (χ0v) is 18.9. The standard InChI is InChI=1S/C24H29F2N3OS/c1-17-9-10-21(28-16-30)11-12-24(29-31-3)22(17)7-5-4-6-8-23(27-2)18-13-19(25)15-20(26)14-18/h4-6,8-10,13-16,22,24,29H,7,11-12H2,1-3H3,(H,28,30)/b5-4+,8-6-,17-9-,21-10-,27-23+. The quantitative estimate of drug-likeness (QED) is 0.240. The van der Waals surface area contributed by atoms with Crippen LogP contribution in [0.2, 0.25) is 0 Å². The van der Waals surface area contributed by atoms with Crippen LogP contribution in [0, 0.1) is 17.6 Å². The Morgan fingerprint density at radius 3 is 2.61 bits per heavy atom. The molecule has 2 unspecified atom stereocenters. The van der Waals surface area contributed by atoms with Crippen molar-refractivity contribution in [2.45, 2.75) is 32.2 Å². The number of amides is 1. The lowest BCUT2D eigenvalue weighted by Crippen LogP contribution is -2.33. The summed E-state index contributed by atoms with van der Waals surface area (Å²) in [6.45, 7) is 2.10. The summed E-state index contributed by atoms with van der Waals surface area (Å²) in [5.74, 6) is -0.943. The molecule has 1 amide bonds. The highest BCUT2D eigenvalue weighted by molar-refractivity contribution is 7.96. The van der Waals surface area contributed by atoms with E-state index in [1.54, 1.807) is 25.1 Å². The summed E-state index contributed by atoms with van der Waals surface area (Å²) in [5.41, 5.74) is 3.06. The van der Waals surface area contributed by atoms with Gasteiger partial charge >= 0.3 is 0 Å². The van der Waals surface area contributed by atoms with Crippen LogP contribution in [0.25, 0.3) is 0 Å². The first-order chi connectivity index (χ1) is 15.0. The molecule has 2 N–H and O–H groups in total. The molecule has 1 aliphatic rings. The molecule has 0 bridgehead atoms. The topological polar surface area (TPSA) is 53.5 Å². The lowest BCUT2D eigenvalue weighted by molar-refractivity contribution is -0.109. The van der Waals surface area contributed by atoms with Crippen LogP contribution < -0.4 is 10.0 Å². The van der Waals surface area contributed by atoms with Crippen molar-refractivity contribution in [1.29, 1.82) is 0 Å². The molecule has 1 aromatic carbocycles. The molecule has 1 aromatic rings. The van der Waals surface area contributed by atoms with Gasteiger partial charge in [-0.3, -0.25) is 14.5 Å². The van der Waals surface area contributed by atoms with Gasteiger partial charge in [-0.2, -0.15) is 0 Å². The highest BCUT2D eigenvalue weighted by Crippen LogP contribution is 2.27. The van der Waals surface area contributed by atoms with Gasteiger partial charge in [-0.1, -0.05) is 41.8 Å². The van der Waals surface area contributed by atoms with Crippen LogP contribution >= 0.6 is 11.9 Å². The number of carbonyl (C=O) groups is 1. The molecular weight excluding hydrogens is 416 g/mol. The van der Waals surface area contributed by atoms with E-state index in [1.807, 2.05) is 24.5 Å². The Labute approximate surface area is 187 Å². The first-order valence-electron chi connectivity index (χ1n) is 10.1. The minimum absolute atomic E-state index is 0.264. The van der Waals surface area contributed by atoms with E-state index in [9.17, 15) is 13.6 Å². The number of nitrogens with one attached hydrogen (secondary N) is 2. The van der Waals surface area contributed by atoms with Gasteiger partial charge in [0.05, 0.1) is 5.71 Å². The van der Waals surface area contributed by atoms with Crippen molar-refractivity contribution in [3.05, 3.63) is 83.1 Å². The second-order valence-corrected chi connectivity index (χ2v) is 7.87. The molecule has 0 aliphatic heterocycles. The van der Waals surface area contributed by atoms with Crippen LogP contribution in [0.15, 0.2) is 70.9 Å². The summed E-state index contributed by atoms with van der Waals surface area (Å²) < 4.78 is 30.4. The third-order valence-electron chi connectivity index (χ3n) is 5.15. The van der Waals surface area contributed by atoms with E-state index in [-0.39, 0.29) is 6.04 Å². The Bertz CT molecular complexity index is 886. The number of benzene rings is 1. The lowest BCUT2D eigenvalue weighted by atomic mass is 9.85. The number of hydrogen-bond donors (Lipinski definition) is 2. The van der Waals surface area contributed by atoms with E-state index < -0.39 is 11.6 Å². The van der Waals surface area contributed by atoms with Crippen LogP contribution in [0.5, 0.6) is 0 Å². The molecule has 0 spiro atoms. The van der Waals surface area contributed by atoms with Crippen molar-refractivity contribution in [2.24, 2.45) is 10.9 Å². The molecule has 4 nitrogen and oxygen atoms in total. The molecule has 0 radical (unpaired) electrons. The lowest BCUT2D eigenvalue weighted by Gasteiger charge is -2.29. The first kappa shape index (κ1) is 24.8. The Kier molecular flexibility index (Phi) is 10.4. The Morgan fingerprint density at radius 1 is 1.23 bits per heavy atom. The maximum atomic E-state index is 13.5. The van der Waals surface area contributed by atoms with Crippen molar-refractivity contribution in [3.8, 4) is 0 Å². The van der Waals surface area contributed by atoms with Crippen LogP contribution in [0.1, 0.15) is 31.7 Å². The average molecular weight is 446 g/mol. The van der Waals surface area contributed by atoms with E-state index in [0.717, 1.165) is 31.0 Å². The number of hydrogen-bond acceptors (Lipinski definition) is 4. The fourth-order valence-corrected chi connectivity index (χ4v) is 4.14. The molecule has 0 saturated carbocycles. The minimum atomic E-state index is -0.625. The molecule has 0 fully saturated rings. The Hall–Kier alpha value is -2.51. The number of allylic oxidation sites excluding steroid dienone is 7. The zero-order chi connectivity index (χ0) is 22.6. The van der Waals surface area contributed by atoms with Gasteiger partial charge in [-0.15, -0.1) is 0 Å². The van der Waals surface area contributed by atoms with Crippen LogP contribution in [-0.2, 0) is 4.79 Å². The number of nitrogens with zero attached hydrogens (tertiary/aromatic N) is 1. The van der Waals surface area contributed by atoms with E-state index in [2.05, 4.69) is 34.1 Å². The Morgan fingerprint density at radius 2 is 1.97 bits per heavy atom. The van der Waals surface area contributed by atoms with E-state index in [1.165, 1.54) is 17.7 Å². The van der Waals surface area contributed by atoms with E-state index in [0.29, 0.717) is 23.6 Å². The molecular formula is C24H29F2N3OS. The average Bonchev–Trinajstić information content (AvgIpc) is 2.72. The molecule has 2 atom stereocenters. The van der Waals surface area contributed by atoms with Crippen molar-refractivity contribution < 1.29 is 13.6 Å². The summed E-state index contributed by atoms with van der Waals surface area (Å²) in [4.78, 5) is 14.9.